The van der Waals surface area contributed by atoms with Crippen molar-refractivity contribution in [2.45, 2.75) is 37.6 Å². The van der Waals surface area contributed by atoms with Crippen LogP contribution in [0.2, 0.25) is 0 Å². The summed E-state index contributed by atoms with van der Waals surface area (Å²) >= 11 is 1.63. The molecule has 0 saturated carbocycles. The van der Waals surface area contributed by atoms with E-state index in [2.05, 4.69) is 33.2 Å². The number of aryl methyl sites for hydroxylation is 1. The maximum absolute atomic E-state index is 12.2. The lowest BCUT2D eigenvalue weighted by Crippen LogP contribution is -2.31. The van der Waals surface area contributed by atoms with Crippen molar-refractivity contribution in [3.63, 3.8) is 0 Å². The van der Waals surface area contributed by atoms with E-state index in [1.165, 1.54) is 0 Å². The maximum Gasteiger partial charge on any atom is 0.319 e. The summed E-state index contributed by atoms with van der Waals surface area (Å²) in [5.41, 5.74) is 9.65. The second-order valence-electron chi connectivity index (χ2n) is 8.22. The van der Waals surface area contributed by atoms with Crippen LogP contribution in [-0.2, 0) is 17.7 Å². The summed E-state index contributed by atoms with van der Waals surface area (Å²) in [6, 6.07) is 15.5. The van der Waals surface area contributed by atoms with E-state index >= 15 is 0 Å². The van der Waals surface area contributed by atoms with E-state index in [1.807, 2.05) is 48.7 Å². The first-order valence-electron chi connectivity index (χ1n) is 11.9. The molecule has 0 aliphatic carbocycles. The highest BCUT2D eigenvalue weighted by Gasteiger charge is 2.17. The van der Waals surface area contributed by atoms with Crippen molar-refractivity contribution in [3.05, 3.63) is 54.4 Å². The van der Waals surface area contributed by atoms with Crippen molar-refractivity contribution in [1.29, 1.82) is 0 Å². The first kappa shape index (κ1) is 24.8. The van der Waals surface area contributed by atoms with Crippen LogP contribution in [0.25, 0.3) is 21.9 Å². The van der Waals surface area contributed by atoms with E-state index in [0.29, 0.717) is 32.1 Å². The number of rotatable bonds is 11. The molecule has 2 heterocycles. The summed E-state index contributed by atoms with van der Waals surface area (Å²) in [6.45, 7) is 4.15. The van der Waals surface area contributed by atoms with Gasteiger partial charge in [0.2, 0.25) is 0 Å². The normalized spacial score (nSPS) is 11.3. The summed E-state index contributed by atoms with van der Waals surface area (Å²) in [7, 11) is 0. The molecule has 8 nitrogen and oxygen atoms in total. The van der Waals surface area contributed by atoms with Crippen LogP contribution in [0.15, 0.2) is 53.4 Å². The summed E-state index contributed by atoms with van der Waals surface area (Å²) in [6.07, 6.45) is 5.01. The molecular formula is C26H32N6O2S. The first-order chi connectivity index (χ1) is 17.1. The molecule has 2 amide bonds. The Hall–Kier alpha value is -3.30. The number of unbranched alkanes of at least 4 members (excludes halogenated alkanes) is 1. The molecule has 0 fully saturated rings. The van der Waals surface area contributed by atoms with Crippen molar-refractivity contribution in [2.24, 2.45) is 0 Å². The first-order valence-corrected chi connectivity index (χ1v) is 13.1. The number of benzene rings is 2. The van der Waals surface area contributed by atoms with E-state index in [-0.39, 0.29) is 6.03 Å². The number of anilines is 2. The number of nitrogens with one attached hydrogen (secondary N) is 2. The molecule has 4 aromatic rings. The number of fused-ring (bicyclic) bond motifs is 3. The number of para-hydroxylation sites is 1. The van der Waals surface area contributed by atoms with Gasteiger partial charge in [0.05, 0.1) is 24.2 Å². The predicted molar refractivity (Wildman–Crippen MR) is 144 cm³/mol. The zero-order valence-corrected chi connectivity index (χ0v) is 21.0. The third kappa shape index (κ3) is 6.04. The Balaban J connectivity index is 1.36. The minimum Gasteiger partial charge on any atom is -0.382 e. The van der Waals surface area contributed by atoms with Gasteiger partial charge in [-0.3, -0.25) is 0 Å². The topological polar surface area (TPSA) is 107 Å². The zero-order chi connectivity index (χ0) is 24.6. The van der Waals surface area contributed by atoms with Gasteiger partial charge in [0, 0.05) is 35.5 Å². The monoisotopic (exact) mass is 492 g/mol. The predicted octanol–water partition coefficient (Wildman–Crippen LogP) is 5.07. The lowest BCUT2D eigenvalue weighted by atomic mass is 10.2. The van der Waals surface area contributed by atoms with Gasteiger partial charge in [0.15, 0.2) is 5.82 Å². The van der Waals surface area contributed by atoms with E-state index in [0.717, 1.165) is 57.6 Å². The summed E-state index contributed by atoms with van der Waals surface area (Å²) in [4.78, 5) is 22.6. The molecule has 0 radical (unpaired) electrons. The van der Waals surface area contributed by atoms with Crippen molar-refractivity contribution >= 4 is 51.2 Å². The number of nitrogens with zero attached hydrogens (tertiary/aromatic N) is 3. The number of thioether (sulfide) groups is 1. The number of amides is 2. The van der Waals surface area contributed by atoms with Gasteiger partial charge in [-0.2, -0.15) is 0 Å². The van der Waals surface area contributed by atoms with Crippen molar-refractivity contribution < 1.29 is 9.53 Å². The Bertz CT molecular complexity index is 1310. The van der Waals surface area contributed by atoms with Crippen molar-refractivity contribution in [1.82, 2.24) is 19.9 Å². The molecule has 184 valence electrons. The molecule has 0 aliphatic rings. The Labute approximate surface area is 209 Å². The number of carbonyl (C=O) groups excluding carboxylic acids is 1. The Morgan fingerprint density at radius 2 is 2.00 bits per heavy atom. The number of urea groups is 1. The maximum atomic E-state index is 12.2. The molecule has 0 unspecified atom stereocenters. The van der Waals surface area contributed by atoms with E-state index in [9.17, 15) is 4.79 Å². The fourth-order valence-corrected chi connectivity index (χ4v) is 4.50. The number of ether oxygens (including phenoxy) is 1. The third-order valence-electron chi connectivity index (χ3n) is 5.76. The number of hydrogen-bond donors (Lipinski definition) is 3. The van der Waals surface area contributed by atoms with Crippen LogP contribution in [0.1, 0.15) is 25.6 Å². The molecule has 35 heavy (non-hydrogen) atoms. The van der Waals surface area contributed by atoms with Crippen LogP contribution in [0, 0.1) is 0 Å². The van der Waals surface area contributed by atoms with Crippen LogP contribution in [0.5, 0.6) is 0 Å². The Morgan fingerprint density at radius 1 is 1.14 bits per heavy atom. The number of hydrogen-bond acceptors (Lipinski definition) is 6. The lowest BCUT2D eigenvalue weighted by Gasteiger charge is -2.12. The summed E-state index contributed by atoms with van der Waals surface area (Å²) in [5, 5.41) is 6.73. The van der Waals surface area contributed by atoms with Crippen LogP contribution in [0.3, 0.4) is 0 Å². The summed E-state index contributed by atoms with van der Waals surface area (Å²) in [5.74, 6) is 1.45. The van der Waals surface area contributed by atoms with Gasteiger partial charge in [-0.15, -0.1) is 11.8 Å². The molecule has 2 aromatic heterocycles. The molecule has 9 heteroatoms. The van der Waals surface area contributed by atoms with Gasteiger partial charge >= 0.3 is 6.03 Å². The average Bonchev–Trinajstić information content (AvgIpc) is 3.24. The highest BCUT2D eigenvalue weighted by atomic mass is 32.2. The SMILES string of the molecule is CCCCc1nc2c(N)nc3ccccc3c2n1CCOCCNC(=O)Nc1cccc(SC)c1. The van der Waals surface area contributed by atoms with Gasteiger partial charge < -0.3 is 25.7 Å². The summed E-state index contributed by atoms with van der Waals surface area (Å²) < 4.78 is 8.07. The fraction of sp³-hybridized carbons (Fsp3) is 0.346. The second-order valence-corrected chi connectivity index (χ2v) is 9.10. The van der Waals surface area contributed by atoms with Gasteiger partial charge in [-0.05, 0) is 36.9 Å². The zero-order valence-electron chi connectivity index (χ0n) is 20.2. The number of carbonyl (C=O) groups is 1. The van der Waals surface area contributed by atoms with Gasteiger partial charge in [0.1, 0.15) is 11.3 Å². The molecule has 0 aliphatic heterocycles. The van der Waals surface area contributed by atoms with Crippen LogP contribution in [-0.4, -0.2) is 46.6 Å². The van der Waals surface area contributed by atoms with Crippen LogP contribution in [0.4, 0.5) is 16.3 Å². The number of imidazole rings is 1. The van der Waals surface area contributed by atoms with E-state index < -0.39 is 0 Å². The lowest BCUT2D eigenvalue weighted by molar-refractivity contribution is 0.129. The average molecular weight is 493 g/mol. The second kappa shape index (κ2) is 11.9. The quantitative estimate of drug-likeness (QED) is 0.199. The minimum atomic E-state index is -0.247. The van der Waals surface area contributed by atoms with Crippen molar-refractivity contribution in [3.8, 4) is 0 Å². The number of aromatic nitrogens is 3. The smallest absolute Gasteiger partial charge is 0.319 e. The molecule has 0 spiro atoms. The molecular weight excluding hydrogens is 460 g/mol. The fourth-order valence-electron chi connectivity index (χ4n) is 4.04. The van der Waals surface area contributed by atoms with E-state index in [4.69, 9.17) is 15.5 Å². The molecule has 4 rings (SSSR count). The van der Waals surface area contributed by atoms with Gasteiger partial charge in [-0.1, -0.05) is 37.6 Å². The third-order valence-corrected chi connectivity index (χ3v) is 6.49. The Kier molecular flexibility index (Phi) is 8.44. The largest absolute Gasteiger partial charge is 0.382 e. The highest BCUT2D eigenvalue weighted by Crippen LogP contribution is 2.29. The molecule has 2 aromatic carbocycles. The standard InChI is InChI=1S/C26H32N6O2S/c1-3-4-12-22-31-23-24(20-10-5-6-11-21(20)30-25(23)27)32(22)14-16-34-15-13-28-26(33)29-18-8-7-9-19(17-18)35-2/h5-11,17H,3-4,12-16H2,1-2H3,(H2,27,30)(H2,28,29,33). The molecule has 0 atom stereocenters. The minimum absolute atomic E-state index is 0.247. The van der Waals surface area contributed by atoms with Crippen LogP contribution >= 0.6 is 11.8 Å². The van der Waals surface area contributed by atoms with Gasteiger partial charge in [-0.25, -0.2) is 14.8 Å². The number of pyridine rings is 1. The number of nitrogen functional groups attached to an aromatic ring is 1. The Morgan fingerprint density at radius 3 is 2.83 bits per heavy atom. The molecule has 4 N–H and O–H groups in total. The van der Waals surface area contributed by atoms with Crippen LogP contribution < -0.4 is 16.4 Å². The highest BCUT2D eigenvalue weighted by molar-refractivity contribution is 7.98. The van der Waals surface area contributed by atoms with Gasteiger partial charge in [0.25, 0.3) is 0 Å². The molecule has 0 bridgehead atoms. The number of nitrogens with two attached hydrogens (primary N) is 1. The molecule has 0 saturated heterocycles. The van der Waals surface area contributed by atoms with Crippen molar-refractivity contribution in [2.75, 3.05) is 37.1 Å². The van der Waals surface area contributed by atoms with E-state index in [1.54, 1.807) is 11.8 Å².